The Hall–Kier alpha value is -1.30. The molecule has 0 fully saturated rings. The van der Waals surface area contributed by atoms with Crippen LogP contribution < -0.4 is 5.32 Å². The van der Waals surface area contributed by atoms with Gasteiger partial charge in [-0.1, -0.05) is 0 Å². The number of amides is 1. The van der Waals surface area contributed by atoms with Crippen molar-refractivity contribution in [3.63, 3.8) is 0 Å². The molecule has 1 rings (SSSR count). The first kappa shape index (κ1) is 12.8. The molecule has 0 atom stereocenters. The van der Waals surface area contributed by atoms with Crippen molar-refractivity contribution in [3.05, 3.63) is 28.2 Å². The molecule has 16 heavy (non-hydrogen) atoms. The van der Waals surface area contributed by atoms with E-state index in [0.29, 0.717) is 6.07 Å². The van der Waals surface area contributed by atoms with Crippen LogP contribution >= 0.6 is 15.9 Å². The number of Topliss-reactive ketones (excluding diaryl/α,β-unsaturated/α-hetero) is 1. The second-order valence-corrected chi connectivity index (χ2v) is 4.03. The highest BCUT2D eigenvalue weighted by Gasteiger charge is 2.12. The number of hydrogen-bond donors (Lipinski definition) is 1. The van der Waals surface area contributed by atoms with Crippen LogP contribution in [0, 0.1) is 11.6 Å². The fourth-order valence-electron chi connectivity index (χ4n) is 1.04. The summed E-state index contributed by atoms with van der Waals surface area (Å²) < 4.78 is 26.1. The van der Waals surface area contributed by atoms with E-state index in [0.717, 1.165) is 6.07 Å². The molecular weight excluding hydrogens is 284 g/mol. The lowest BCUT2D eigenvalue weighted by atomic mass is 10.2. The van der Waals surface area contributed by atoms with Crippen LogP contribution in [0.15, 0.2) is 16.6 Å². The largest absolute Gasteiger partial charge is 0.323 e. The zero-order chi connectivity index (χ0) is 12.3. The summed E-state index contributed by atoms with van der Waals surface area (Å²) >= 11 is 2.86. The Bertz CT molecular complexity index is 449. The Morgan fingerprint density at radius 2 is 1.94 bits per heavy atom. The summed E-state index contributed by atoms with van der Waals surface area (Å²) in [5, 5.41) is 2.18. The van der Waals surface area contributed by atoms with Crippen LogP contribution in [-0.4, -0.2) is 11.7 Å². The summed E-state index contributed by atoms with van der Waals surface area (Å²) in [6.45, 7) is 1.25. The topological polar surface area (TPSA) is 46.2 Å². The lowest BCUT2D eigenvalue weighted by Crippen LogP contribution is -2.15. The number of rotatable bonds is 3. The molecule has 1 aromatic carbocycles. The Balaban J connectivity index is 2.85. The number of benzene rings is 1. The second kappa shape index (κ2) is 5.16. The van der Waals surface area contributed by atoms with Gasteiger partial charge >= 0.3 is 0 Å². The van der Waals surface area contributed by atoms with Gasteiger partial charge in [-0.15, -0.1) is 0 Å². The van der Waals surface area contributed by atoms with Gasteiger partial charge in [0.15, 0.2) is 0 Å². The normalized spacial score (nSPS) is 10.0. The van der Waals surface area contributed by atoms with E-state index in [2.05, 4.69) is 21.2 Å². The standard InChI is InChI=1S/C10H8BrF2NO2/c1-5(15)2-10(16)14-9-3-6(11)7(12)4-8(9)13/h3-4H,2H2,1H3,(H,14,16). The van der Waals surface area contributed by atoms with Gasteiger partial charge < -0.3 is 5.32 Å². The fourth-order valence-corrected chi connectivity index (χ4v) is 1.38. The third-order valence-electron chi connectivity index (χ3n) is 1.69. The zero-order valence-corrected chi connectivity index (χ0v) is 9.90. The monoisotopic (exact) mass is 291 g/mol. The van der Waals surface area contributed by atoms with Crippen LogP contribution in [0.1, 0.15) is 13.3 Å². The molecule has 1 aromatic rings. The van der Waals surface area contributed by atoms with Crippen LogP contribution in [0.25, 0.3) is 0 Å². The van der Waals surface area contributed by atoms with Crippen LogP contribution in [0.2, 0.25) is 0 Å². The summed E-state index contributed by atoms with van der Waals surface area (Å²) in [7, 11) is 0. The smallest absolute Gasteiger partial charge is 0.231 e. The zero-order valence-electron chi connectivity index (χ0n) is 8.31. The van der Waals surface area contributed by atoms with Crippen molar-refractivity contribution in [2.24, 2.45) is 0 Å². The van der Waals surface area contributed by atoms with Gasteiger partial charge in [0.25, 0.3) is 0 Å². The third-order valence-corrected chi connectivity index (χ3v) is 2.30. The van der Waals surface area contributed by atoms with Crippen molar-refractivity contribution < 1.29 is 18.4 Å². The molecule has 1 N–H and O–H groups in total. The highest BCUT2D eigenvalue weighted by atomic mass is 79.9. The van der Waals surface area contributed by atoms with E-state index in [4.69, 9.17) is 0 Å². The molecule has 0 unspecified atom stereocenters. The van der Waals surface area contributed by atoms with Crippen molar-refractivity contribution in [2.45, 2.75) is 13.3 Å². The molecule has 6 heteroatoms. The number of nitrogens with one attached hydrogen (secondary N) is 1. The van der Waals surface area contributed by atoms with Gasteiger partial charge in [0, 0.05) is 6.07 Å². The minimum absolute atomic E-state index is 0.0343. The summed E-state index contributed by atoms with van der Waals surface area (Å²) in [4.78, 5) is 21.8. The van der Waals surface area contributed by atoms with E-state index in [1.807, 2.05) is 0 Å². The molecule has 0 aliphatic carbocycles. The van der Waals surface area contributed by atoms with Crippen molar-refractivity contribution >= 4 is 33.3 Å². The van der Waals surface area contributed by atoms with Crippen LogP contribution in [-0.2, 0) is 9.59 Å². The molecule has 0 aliphatic heterocycles. The van der Waals surface area contributed by atoms with Gasteiger partial charge in [0.05, 0.1) is 16.6 Å². The fraction of sp³-hybridized carbons (Fsp3) is 0.200. The van der Waals surface area contributed by atoms with Crippen LogP contribution in [0.5, 0.6) is 0 Å². The second-order valence-electron chi connectivity index (χ2n) is 3.17. The minimum Gasteiger partial charge on any atom is -0.323 e. The molecule has 0 bridgehead atoms. The SMILES string of the molecule is CC(=O)CC(=O)Nc1cc(Br)c(F)cc1F. The number of ketones is 1. The molecule has 0 aliphatic rings. The molecule has 3 nitrogen and oxygen atoms in total. The quantitative estimate of drug-likeness (QED) is 0.687. The molecule has 86 valence electrons. The summed E-state index contributed by atoms with van der Waals surface area (Å²) in [6, 6.07) is 1.75. The van der Waals surface area contributed by atoms with Crippen LogP contribution in [0.3, 0.4) is 0 Å². The molecule has 0 aromatic heterocycles. The van der Waals surface area contributed by atoms with Gasteiger partial charge in [0.2, 0.25) is 5.91 Å². The first-order valence-electron chi connectivity index (χ1n) is 4.34. The highest BCUT2D eigenvalue weighted by molar-refractivity contribution is 9.10. The van der Waals surface area contributed by atoms with E-state index in [1.54, 1.807) is 0 Å². The molecular formula is C10H8BrF2NO2. The van der Waals surface area contributed by atoms with Crippen molar-refractivity contribution in [1.29, 1.82) is 0 Å². The predicted octanol–water partition coefficient (Wildman–Crippen LogP) is 2.64. The first-order valence-corrected chi connectivity index (χ1v) is 5.13. The maximum absolute atomic E-state index is 13.2. The van der Waals surface area contributed by atoms with Gasteiger partial charge in [0.1, 0.15) is 17.4 Å². The Morgan fingerprint density at radius 1 is 1.31 bits per heavy atom. The lowest BCUT2D eigenvalue weighted by Gasteiger charge is -2.06. The average molecular weight is 292 g/mol. The van der Waals surface area contributed by atoms with Gasteiger partial charge in [-0.05, 0) is 28.9 Å². The van der Waals surface area contributed by atoms with E-state index in [9.17, 15) is 18.4 Å². The maximum atomic E-state index is 13.2. The van der Waals surface area contributed by atoms with Crippen molar-refractivity contribution in [1.82, 2.24) is 0 Å². The Kier molecular flexibility index (Phi) is 4.12. The molecule has 1 amide bonds. The number of carbonyl (C=O) groups is 2. The molecule has 0 heterocycles. The molecule has 0 spiro atoms. The predicted molar refractivity (Wildman–Crippen MR) is 58.0 cm³/mol. The summed E-state index contributed by atoms with van der Waals surface area (Å²) in [6.07, 6.45) is -0.339. The van der Waals surface area contributed by atoms with Crippen molar-refractivity contribution in [3.8, 4) is 0 Å². The van der Waals surface area contributed by atoms with E-state index < -0.39 is 17.5 Å². The maximum Gasteiger partial charge on any atom is 0.231 e. The number of carbonyl (C=O) groups excluding carboxylic acids is 2. The number of hydrogen-bond acceptors (Lipinski definition) is 2. The summed E-state index contributed by atoms with van der Waals surface area (Å²) in [5.41, 5.74) is -0.167. The molecule has 0 saturated heterocycles. The Morgan fingerprint density at radius 3 is 2.50 bits per heavy atom. The Labute approximate surface area is 99.0 Å². The third kappa shape index (κ3) is 3.37. The minimum atomic E-state index is -0.891. The molecule has 0 saturated carbocycles. The average Bonchev–Trinajstić information content (AvgIpc) is 2.12. The van der Waals surface area contributed by atoms with Gasteiger partial charge in [-0.25, -0.2) is 8.78 Å². The van der Waals surface area contributed by atoms with E-state index in [-0.39, 0.29) is 22.4 Å². The van der Waals surface area contributed by atoms with Gasteiger partial charge in [-0.3, -0.25) is 9.59 Å². The summed E-state index contributed by atoms with van der Waals surface area (Å²) in [5.74, 6) is -2.62. The lowest BCUT2D eigenvalue weighted by molar-refractivity contribution is -0.124. The van der Waals surface area contributed by atoms with Crippen molar-refractivity contribution in [2.75, 3.05) is 5.32 Å². The van der Waals surface area contributed by atoms with E-state index >= 15 is 0 Å². The molecule has 0 radical (unpaired) electrons. The van der Waals surface area contributed by atoms with Gasteiger partial charge in [-0.2, -0.15) is 0 Å². The highest BCUT2D eigenvalue weighted by Crippen LogP contribution is 2.23. The number of anilines is 1. The van der Waals surface area contributed by atoms with Crippen LogP contribution in [0.4, 0.5) is 14.5 Å². The first-order chi connectivity index (χ1) is 7.40. The van der Waals surface area contributed by atoms with E-state index in [1.165, 1.54) is 6.92 Å². The number of halogens is 3.